The van der Waals surface area contributed by atoms with Crippen molar-refractivity contribution < 1.29 is 19.4 Å². The van der Waals surface area contributed by atoms with E-state index in [0.29, 0.717) is 24.7 Å². The Morgan fingerprint density at radius 1 is 1.06 bits per heavy atom. The molecular weight excluding hydrogens is 390 g/mol. The van der Waals surface area contributed by atoms with Crippen LogP contribution >= 0.6 is 0 Å². The summed E-state index contributed by atoms with van der Waals surface area (Å²) in [5.74, 6) is 0.345. The highest BCUT2D eigenvalue weighted by molar-refractivity contribution is 5.83. The van der Waals surface area contributed by atoms with Gasteiger partial charge in [-0.25, -0.2) is 0 Å². The van der Waals surface area contributed by atoms with Crippen molar-refractivity contribution in [2.75, 3.05) is 26.8 Å². The maximum absolute atomic E-state index is 11.7. The predicted octanol–water partition coefficient (Wildman–Crippen LogP) is 5.13. The summed E-state index contributed by atoms with van der Waals surface area (Å²) in [5, 5.41) is 12.0. The second-order valence-corrected chi connectivity index (χ2v) is 8.02. The van der Waals surface area contributed by atoms with Crippen LogP contribution < -0.4 is 9.47 Å². The number of methoxy groups -OCH3 is 1. The van der Waals surface area contributed by atoms with E-state index in [1.54, 1.807) is 7.11 Å². The molecule has 0 saturated carbocycles. The largest absolute Gasteiger partial charge is 0.493 e. The summed E-state index contributed by atoms with van der Waals surface area (Å²) in [5.41, 5.74) is 2.22. The average Bonchev–Trinajstić information content (AvgIpc) is 2.80. The SMILES string of the molecule is CCOc1ccc(C(c2ccc3ccccc3c2)N2CCCC(C(=O)O)C2)cc1OC. The van der Waals surface area contributed by atoms with Crippen molar-refractivity contribution in [1.82, 2.24) is 4.90 Å². The Kier molecular flexibility index (Phi) is 6.42. The standard InChI is InChI=1S/C26H29NO4/c1-3-31-23-13-12-21(16-24(23)30-2)25(27-14-6-9-22(17-27)26(28)29)20-11-10-18-7-4-5-8-19(18)15-20/h4-5,7-8,10-13,15-16,22,25H,3,6,9,14,17H2,1-2H3,(H,28,29). The zero-order valence-corrected chi connectivity index (χ0v) is 18.1. The van der Waals surface area contributed by atoms with Gasteiger partial charge in [0.25, 0.3) is 0 Å². The van der Waals surface area contributed by atoms with Crippen molar-refractivity contribution in [3.63, 3.8) is 0 Å². The van der Waals surface area contributed by atoms with Crippen LogP contribution in [0.3, 0.4) is 0 Å². The van der Waals surface area contributed by atoms with Crippen LogP contribution in [0.1, 0.15) is 36.9 Å². The number of likely N-dealkylation sites (tertiary alicyclic amines) is 1. The van der Waals surface area contributed by atoms with Gasteiger partial charge in [0.2, 0.25) is 0 Å². The molecular formula is C26H29NO4. The number of benzene rings is 3. The van der Waals surface area contributed by atoms with Crippen LogP contribution in [0, 0.1) is 5.92 Å². The van der Waals surface area contributed by atoms with Crippen molar-refractivity contribution in [2.45, 2.75) is 25.8 Å². The molecule has 2 atom stereocenters. The highest BCUT2D eigenvalue weighted by Crippen LogP contribution is 2.38. The van der Waals surface area contributed by atoms with Crippen molar-refractivity contribution in [1.29, 1.82) is 0 Å². The number of hydrogen-bond acceptors (Lipinski definition) is 4. The van der Waals surface area contributed by atoms with E-state index in [1.807, 2.05) is 31.2 Å². The van der Waals surface area contributed by atoms with E-state index in [4.69, 9.17) is 9.47 Å². The molecule has 0 amide bonds. The number of ether oxygens (including phenoxy) is 2. The normalized spacial score (nSPS) is 17.9. The summed E-state index contributed by atoms with van der Waals surface area (Å²) in [4.78, 5) is 14.0. The quantitative estimate of drug-likeness (QED) is 0.575. The third-order valence-electron chi connectivity index (χ3n) is 6.06. The fraction of sp³-hybridized carbons (Fsp3) is 0.346. The molecule has 1 aliphatic rings. The number of fused-ring (bicyclic) bond motifs is 1. The van der Waals surface area contributed by atoms with Crippen molar-refractivity contribution in [3.05, 3.63) is 71.8 Å². The van der Waals surface area contributed by atoms with Gasteiger partial charge in [0.05, 0.1) is 25.7 Å². The van der Waals surface area contributed by atoms with Gasteiger partial charge >= 0.3 is 5.97 Å². The number of aliphatic carboxylic acids is 1. The molecule has 31 heavy (non-hydrogen) atoms. The van der Waals surface area contributed by atoms with Gasteiger partial charge in [0.1, 0.15) is 0 Å². The number of carboxylic acids is 1. The molecule has 1 heterocycles. The van der Waals surface area contributed by atoms with Gasteiger partial charge < -0.3 is 14.6 Å². The molecule has 0 aromatic heterocycles. The number of carbonyl (C=O) groups is 1. The van der Waals surface area contributed by atoms with Gasteiger partial charge in [-0.1, -0.05) is 42.5 Å². The number of nitrogens with zero attached hydrogens (tertiary/aromatic N) is 1. The molecule has 1 N–H and O–H groups in total. The number of piperidine rings is 1. The van der Waals surface area contributed by atoms with E-state index in [9.17, 15) is 9.90 Å². The van der Waals surface area contributed by atoms with E-state index < -0.39 is 5.97 Å². The molecule has 1 aliphatic heterocycles. The first-order chi connectivity index (χ1) is 15.1. The lowest BCUT2D eigenvalue weighted by atomic mass is 9.90. The lowest BCUT2D eigenvalue weighted by Gasteiger charge is -2.38. The minimum Gasteiger partial charge on any atom is -0.493 e. The Morgan fingerprint density at radius 2 is 1.81 bits per heavy atom. The Hall–Kier alpha value is -3.05. The first kappa shape index (κ1) is 21.2. The molecule has 5 nitrogen and oxygen atoms in total. The second kappa shape index (κ2) is 9.40. The maximum atomic E-state index is 11.7. The zero-order chi connectivity index (χ0) is 21.8. The van der Waals surface area contributed by atoms with Crippen molar-refractivity contribution >= 4 is 16.7 Å². The van der Waals surface area contributed by atoms with Gasteiger partial charge in [-0.05, 0) is 66.4 Å². The molecule has 0 aliphatic carbocycles. The fourth-order valence-corrected chi connectivity index (χ4v) is 4.56. The second-order valence-electron chi connectivity index (χ2n) is 8.02. The molecule has 2 unspecified atom stereocenters. The zero-order valence-electron chi connectivity index (χ0n) is 18.1. The van der Waals surface area contributed by atoms with Gasteiger partial charge in [-0.15, -0.1) is 0 Å². The third kappa shape index (κ3) is 4.52. The highest BCUT2D eigenvalue weighted by Gasteiger charge is 2.31. The number of hydrogen-bond donors (Lipinski definition) is 1. The van der Waals surface area contributed by atoms with Crippen LogP contribution in [-0.4, -0.2) is 42.8 Å². The van der Waals surface area contributed by atoms with Gasteiger partial charge in [0.15, 0.2) is 11.5 Å². The Bertz CT molecular complexity index is 1060. The average molecular weight is 420 g/mol. The first-order valence-corrected chi connectivity index (χ1v) is 10.9. The minimum absolute atomic E-state index is 0.0590. The molecule has 4 rings (SSSR count). The Labute approximate surface area is 183 Å². The highest BCUT2D eigenvalue weighted by atomic mass is 16.5. The van der Waals surface area contributed by atoms with E-state index in [1.165, 1.54) is 10.8 Å². The van der Waals surface area contributed by atoms with E-state index in [-0.39, 0.29) is 12.0 Å². The van der Waals surface area contributed by atoms with Gasteiger partial charge in [0, 0.05) is 6.54 Å². The summed E-state index contributed by atoms with van der Waals surface area (Å²) in [6.07, 6.45) is 1.60. The summed E-state index contributed by atoms with van der Waals surface area (Å²) in [7, 11) is 1.65. The molecule has 5 heteroatoms. The molecule has 1 fully saturated rings. The van der Waals surface area contributed by atoms with Crippen molar-refractivity contribution in [2.24, 2.45) is 5.92 Å². The Morgan fingerprint density at radius 3 is 2.55 bits per heavy atom. The summed E-state index contributed by atoms with van der Waals surface area (Å²) in [6.45, 7) is 3.90. The molecule has 3 aromatic rings. The monoisotopic (exact) mass is 419 g/mol. The summed E-state index contributed by atoms with van der Waals surface area (Å²) >= 11 is 0. The lowest BCUT2D eigenvalue weighted by molar-refractivity contribution is -0.143. The number of rotatable bonds is 7. The third-order valence-corrected chi connectivity index (χ3v) is 6.06. The predicted molar refractivity (Wildman–Crippen MR) is 122 cm³/mol. The topological polar surface area (TPSA) is 59.0 Å². The van der Waals surface area contributed by atoms with E-state index >= 15 is 0 Å². The van der Waals surface area contributed by atoms with E-state index in [0.717, 1.165) is 30.5 Å². The van der Waals surface area contributed by atoms with Crippen LogP contribution in [0.25, 0.3) is 10.8 Å². The van der Waals surface area contributed by atoms with Crippen LogP contribution in [0.4, 0.5) is 0 Å². The smallest absolute Gasteiger partial charge is 0.307 e. The van der Waals surface area contributed by atoms with Crippen LogP contribution in [0.2, 0.25) is 0 Å². The molecule has 0 spiro atoms. The number of carboxylic acid groups (broad SMARTS) is 1. The van der Waals surface area contributed by atoms with Gasteiger partial charge in [-0.2, -0.15) is 0 Å². The van der Waals surface area contributed by atoms with Crippen LogP contribution in [0.15, 0.2) is 60.7 Å². The molecule has 0 bridgehead atoms. The lowest BCUT2D eigenvalue weighted by Crippen LogP contribution is -2.41. The minimum atomic E-state index is -0.716. The summed E-state index contributed by atoms with van der Waals surface area (Å²) in [6, 6.07) is 20.8. The Balaban J connectivity index is 1.79. The maximum Gasteiger partial charge on any atom is 0.307 e. The molecule has 0 radical (unpaired) electrons. The molecule has 162 valence electrons. The van der Waals surface area contributed by atoms with Crippen LogP contribution in [0.5, 0.6) is 11.5 Å². The van der Waals surface area contributed by atoms with Gasteiger partial charge in [-0.3, -0.25) is 9.69 Å². The first-order valence-electron chi connectivity index (χ1n) is 10.9. The molecule has 3 aromatic carbocycles. The van der Waals surface area contributed by atoms with Crippen molar-refractivity contribution in [3.8, 4) is 11.5 Å². The van der Waals surface area contributed by atoms with Crippen LogP contribution in [-0.2, 0) is 4.79 Å². The fourth-order valence-electron chi connectivity index (χ4n) is 4.56. The van der Waals surface area contributed by atoms with E-state index in [2.05, 4.69) is 41.3 Å². The summed E-state index contributed by atoms with van der Waals surface area (Å²) < 4.78 is 11.3. The molecule has 1 saturated heterocycles.